The quantitative estimate of drug-likeness (QED) is 0.552. The fourth-order valence-electron chi connectivity index (χ4n) is 1.60. The second-order valence-corrected chi connectivity index (χ2v) is 4.06. The van der Waals surface area contributed by atoms with Gasteiger partial charge in [-0.05, 0) is 30.5 Å². The molecule has 0 aliphatic heterocycles. The summed E-state index contributed by atoms with van der Waals surface area (Å²) in [4.78, 5) is 3.27. The van der Waals surface area contributed by atoms with Gasteiger partial charge < -0.3 is 4.98 Å². The number of aromatic nitrogens is 1. The van der Waals surface area contributed by atoms with Crippen LogP contribution in [0.4, 0.5) is 0 Å². The molecule has 0 amide bonds. The summed E-state index contributed by atoms with van der Waals surface area (Å²) >= 11 is 4.47. The van der Waals surface area contributed by atoms with Gasteiger partial charge in [0.25, 0.3) is 0 Å². The summed E-state index contributed by atoms with van der Waals surface area (Å²) in [5.74, 6) is 0. The van der Waals surface area contributed by atoms with E-state index in [1.54, 1.807) is 0 Å². The number of fused-ring (bicyclic) bond motifs is 1. The monoisotopic (exact) mass is 179 g/mol. The van der Waals surface area contributed by atoms with Crippen molar-refractivity contribution in [3.8, 4) is 0 Å². The lowest BCUT2D eigenvalue weighted by atomic mass is 10.2. The van der Waals surface area contributed by atoms with Crippen molar-refractivity contribution in [2.45, 2.75) is 25.0 Å². The van der Waals surface area contributed by atoms with Crippen LogP contribution in [0, 0.1) is 6.92 Å². The molecule has 1 aromatic heterocycles. The molecule has 1 N–H and O–H groups in total. The van der Waals surface area contributed by atoms with E-state index in [-0.39, 0.29) is 0 Å². The Labute approximate surface area is 77.6 Å². The van der Waals surface area contributed by atoms with E-state index in [4.69, 9.17) is 0 Å². The van der Waals surface area contributed by atoms with Gasteiger partial charge in [-0.3, -0.25) is 0 Å². The molecule has 1 aromatic rings. The molecule has 0 fully saturated rings. The minimum Gasteiger partial charge on any atom is -0.361 e. The van der Waals surface area contributed by atoms with Gasteiger partial charge in [0.2, 0.25) is 0 Å². The van der Waals surface area contributed by atoms with E-state index in [0.717, 1.165) is 12.8 Å². The molecule has 1 nitrogen and oxygen atoms in total. The third-order valence-electron chi connectivity index (χ3n) is 2.35. The molecule has 0 spiro atoms. The second-order valence-electron chi connectivity index (χ2n) is 3.33. The first-order chi connectivity index (χ1) is 5.77. The van der Waals surface area contributed by atoms with Crippen LogP contribution in [0.5, 0.6) is 0 Å². The predicted molar refractivity (Wildman–Crippen MR) is 55.7 cm³/mol. The van der Waals surface area contributed by atoms with Gasteiger partial charge in [-0.1, -0.05) is 12.2 Å². The Balaban J connectivity index is 2.63. The number of H-pyrrole nitrogens is 1. The van der Waals surface area contributed by atoms with Crippen LogP contribution in [0.2, 0.25) is 0 Å². The van der Waals surface area contributed by atoms with Gasteiger partial charge in [0.1, 0.15) is 0 Å². The SMILES string of the molecule is Cc1c[nH]c2c1=CCC(S)CC=2. The van der Waals surface area contributed by atoms with E-state index >= 15 is 0 Å². The topological polar surface area (TPSA) is 15.8 Å². The van der Waals surface area contributed by atoms with Gasteiger partial charge in [-0.25, -0.2) is 0 Å². The normalized spacial score (nSPS) is 22.0. The Kier molecular flexibility index (Phi) is 2.01. The highest BCUT2D eigenvalue weighted by atomic mass is 32.1. The van der Waals surface area contributed by atoms with Gasteiger partial charge in [0, 0.05) is 16.8 Å². The maximum atomic E-state index is 4.47. The van der Waals surface area contributed by atoms with Crippen LogP contribution >= 0.6 is 12.6 Å². The lowest BCUT2D eigenvalue weighted by Crippen LogP contribution is -2.22. The van der Waals surface area contributed by atoms with E-state index in [0.29, 0.717) is 5.25 Å². The Hall–Kier alpha value is -0.630. The van der Waals surface area contributed by atoms with Crippen molar-refractivity contribution in [3.05, 3.63) is 22.3 Å². The molecular formula is C10H13NS. The first kappa shape index (κ1) is 7.99. The van der Waals surface area contributed by atoms with Crippen molar-refractivity contribution in [1.29, 1.82) is 0 Å². The van der Waals surface area contributed by atoms with E-state index in [9.17, 15) is 0 Å². The Morgan fingerprint density at radius 1 is 1.42 bits per heavy atom. The number of hydrogen-bond acceptors (Lipinski definition) is 1. The predicted octanol–water partition coefficient (Wildman–Crippen LogP) is 0.976. The number of thiol groups is 1. The molecule has 2 rings (SSSR count). The summed E-state index contributed by atoms with van der Waals surface area (Å²) in [7, 11) is 0. The molecule has 1 unspecified atom stereocenters. The van der Waals surface area contributed by atoms with Crippen molar-refractivity contribution in [1.82, 2.24) is 4.98 Å². The maximum Gasteiger partial charge on any atom is 0.0413 e. The Morgan fingerprint density at radius 3 is 3.00 bits per heavy atom. The average molecular weight is 179 g/mol. The van der Waals surface area contributed by atoms with Crippen LogP contribution in [0.15, 0.2) is 6.20 Å². The summed E-state index contributed by atoms with van der Waals surface area (Å²) in [6.07, 6.45) is 8.72. The van der Waals surface area contributed by atoms with Crippen LogP contribution in [0.1, 0.15) is 18.4 Å². The highest BCUT2D eigenvalue weighted by Gasteiger charge is 2.03. The third kappa shape index (κ3) is 1.31. The molecule has 64 valence electrons. The number of rotatable bonds is 0. The summed E-state index contributed by atoms with van der Waals surface area (Å²) in [6.45, 7) is 2.14. The van der Waals surface area contributed by atoms with Crippen molar-refractivity contribution in [2.75, 3.05) is 0 Å². The van der Waals surface area contributed by atoms with E-state index < -0.39 is 0 Å². The first-order valence-electron chi connectivity index (χ1n) is 4.30. The zero-order chi connectivity index (χ0) is 8.55. The van der Waals surface area contributed by atoms with E-state index in [2.05, 4.69) is 42.9 Å². The summed E-state index contributed by atoms with van der Waals surface area (Å²) in [5.41, 5.74) is 1.34. The highest BCUT2D eigenvalue weighted by Crippen LogP contribution is 2.09. The molecule has 0 saturated heterocycles. The average Bonchev–Trinajstić information content (AvgIpc) is 2.28. The fraction of sp³-hybridized carbons (Fsp3) is 0.400. The molecule has 0 aromatic carbocycles. The zero-order valence-electron chi connectivity index (χ0n) is 7.17. The molecule has 1 aliphatic rings. The Morgan fingerprint density at radius 2 is 2.17 bits per heavy atom. The first-order valence-corrected chi connectivity index (χ1v) is 4.81. The molecule has 2 heteroatoms. The molecule has 12 heavy (non-hydrogen) atoms. The van der Waals surface area contributed by atoms with Crippen molar-refractivity contribution in [2.24, 2.45) is 0 Å². The van der Waals surface area contributed by atoms with Crippen LogP contribution in [-0.2, 0) is 0 Å². The van der Waals surface area contributed by atoms with Crippen LogP contribution in [0.25, 0.3) is 12.2 Å². The molecule has 1 atom stereocenters. The minimum absolute atomic E-state index is 0.491. The van der Waals surface area contributed by atoms with Gasteiger partial charge in [-0.2, -0.15) is 12.6 Å². The molecule has 0 bridgehead atoms. The van der Waals surface area contributed by atoms with Gasteiger partial charge >= 0.3 is 0 Å². The molecule has 1 aliphatic carbocycles. The van der Waals surface area contributed by atoms with Crippen molar-refractivity contribution < 1.29 is 0 Å². The summed E-state index contributed by atoms with van der Waals surface area (Å²) in [5, 5.41) is 3.13. The van der Waals surface area contributed by atoms with E-state index in [1.807, 2.05) is 0 Å². The lowest BCUT2D eigenvalue weighted by Gasteiger charge is -1.99. The fourth-order valence-corrected chi connectivity index (χ4v) is 1.81. The maximum absolute atomic E-state index is 4.47. The van der Waals surface area contributed by atoms with Crippen LogP contribution in [-0.4, -0.2) is 10.2 Å². The third-order valence-corrected chi connectivity index (χ3v) is 2.77. The number of aromatic amines is 1. The molecular weight excluding hydrogens is 166 g/mol. The summed E-state index contributed by atoms with van der Waals surface area (Å²) < 4.78 is 0. The van der Waals surface area contributed by atoms with Gasteiger partial charge in [0.15, 0.2) is 0 Å². The Bertz CT molecular complexity index is 388. The number of aryl methyl sites for hydroxylation is 1. The van der Waals surface area contributed by atoms with Crippen molar-refractivity contribution in [3.63, 3.8) is 0 Å². The number of hydrogen-bond donors (Lipinski definition) is 2. The lowest BCUT2D eigenvalue weighted by molar-refractivity contribution is 0.955. The molecule has 0 radical (unpaired) electrons. The number of nitrogens with one attached hydrogen (secondary N) is 1. The van der Waals surface area contributed by atoms with Gasteiger partial charge in [-0.15, -0.1) is 0 Å². The second kappa shape index (κ2) is 3.02. The van der Waals surface area contributed by atoms with Crippen LogP contribution < -0.4 is 10.6 Å². The minimum atomic E-state index is 0.491. The smallest absolute Gasteiger partial charge is 0.0413 e. The summed E-state index contributed by atoms with van der Waals surface area (Å²) in [6, 6.07) is 0. The van der Waals surface area contributed by atoms with Crippen molar-refractivity contribution >= 4 is 24.8 Å². The molecule has 0 saturated carbocycles. The zero-order valence-corrected chi connectivity index (χ0v) is 8.07. The standard InChI is InChI=1S/C10H13NS/c1-7-6-11-10-5-3-8(12)2-4-9(7)10/h4-6,8,11-12H,2-3H2,1H3. The highest BCUT2D eigenvalue weighted by molar-refractivity contribution is 7.81. The van der Waals surface area contributed by atoms with Crippen LogP contribution in [0.3, 0.4) is 0 Å². The van der Waals surface area contributed by atoms with E-state index in [1.165, 1.54) is 16.1 Å². The molecule has 1 heterocycles. The largest absolute Gasteiger partial charge is 0.361 e. The van der Waals surface area contributed by atoms with Gasteiger partial charge in [0.05, 0.1) is 0 Å².